The Labute approximate surface area is 106 Å². The number of likely N-dealkylation sites (N-methyl/N-ethyl adjacent to an activating group) is 1. The third kappa shape index (κ3) is 3.43. The minimum Gasteiger partial charge on any atom is -0.367 e. The van der Waals surface area contributed by atoms with Gasteiger partial charge in [-0.25, -0.2) is 9.67 Å². The molecule has 0 bridgehead atoms. The van der Waals surface area contributed by atoms with Crippen molar-refractivity contribution in [3.63, 3.8) is 0 Å². The van der Waals surface area contributed by atoms with Crippen molar-refractivity contribution in [3.8, 4) is 0 Å². The van der Waals surface area contributed by atoms with Crippen LogP contribution in [-0.4, -0.2) is 51.8 Å². The molecule has 100 valence electrons. The second-order valence-electron chi connectivity index (χ2n) is 4.73. The molecule has 1 aromatic heterocycles. The third-order valence-corrected chi connectivity index (χ3v) is 3.32. The summed E-state index contributed by atoms with van der Waals surface area (Å²) in [6, 6.07) is 0.448. The van der Waals surface area contributed by atoms with Crippen molar-refractivity contribution in [1.82, 2.24) is 25.0 Å². The first kappa shape index (κ1) is 12.8. The second kappa shape index (κ2) is 5.81. The van der Waals surface area contributed by atoms with Gasteiger partial charge < -0.3 is 16.0 Å². The summed E-state index contributed by atoms with van der Waals surface area (Å²) in [5, 5.41) is 6.80. The van der Waals surface area contributed by atoms with E-state index in [1.165, 1.54) is 23.9 Å². The zero-order valence-electron chi connectivity index (χ0n) is 10.7. The standard InChI is InChI=1S/C11H20N6O/c1-16-5-3-2-4-9(16)6-13-10(18)7-17-8-14-11(12)15-17/h8-9H,2-7H2,1H3,(H2,12,15)(H,13,18). The highest BCUT2D eigenvalue weighted by molar-refractivity contribution is 5.75. The quantitative estimate of drug-likeness (QED) is 0.751. The van der Waals surface area contributed by atoms with Gasteiger partial charge >= 0.3 is 0 Å². The lowest BCUT2D eigenvalue weighted by molar-refractivity contribution is -0.122. The minimum atomic E-state index is -0.0566. The summed E-state index contributed by atoms with van der Waals surface area (Å²) < 4.78 is 1.44. The summed E-state index contributed by atoms with van der Waals surface area (Å²) in [6.07, 6.45) is 5.10. The Bertz CT molecular complexity index is 404. The first-order chi connectivity index (χ1) is 8.65. The Balaban J connectivity index is 1.74. The van der Waals surface area contributed by atoms with E-state index in [0.717, 1.165) is 13.0 Å². The second-order valence-corrected chi connectivity index (χ2v) is 4.73. The van der Waals surface area contributed by atoms with Crippen LogP contribution in [0.3, 0.4) is 0 Å². The Hall–Kier alpha value is -1.63. The number of rotatable bonds is 4. The number of nitrogens with zero attached hydrogens (tertiary/aromatic N) is 4. The summed E-state index contributed by atoms with van der Waals surface area (Å²) in [7, 11) is 2.11. The molecule has 2 heterocycles. The van der Waals surface area contributed by atoms with Gasteiger partial charge in [0.25, 0.3) is 0 Å². The van der Waals surface area contributed by atoms with E-state index in [2.05, 4.69) is 27.3 Å². The monoisotopic (exact) mass is 252 g/mol. The van der Waals surface area contributed by atoms with Crippen LogP contribution in [0.5, 0.6) is 0 Å². The average Bonchev–Trinajstić information content (AvgIpc) is 2.74. The molecule has 1 aliphatic rings. The van der Waals surface area contributed by atoms with E-state index in [0.29, 0.717) is 12.6 Å². The SMILES string of the molecule is CN1CCCCC1CNC(=O)Cn1cnc(N)n1. The summed E-state index contributed by atoms with van der Waals surface area (Å²) >= 11 is 0. The molecule has 1 unspecified atom stereocenters. The number of carbonyl (C=O) groups is 1. The number of amides is 1. The maximum Gasteiger partial charge on any atom is 0.241 e. The fourth-order valence-electron chi connectivity index (χ4n) is 2.22. The molecule has 0 aliphatic carbocycles. The number of nitrogen functional groups attached to an aromatic ring is 1. The lowest BCUT2D eigenvalue weighted by atomic mass is 10.0. The molecule has 3 N–H and O–H groups in total. The van der Waals surface area contributed by atoms with Crippen LogP contribution in [0.1, 0.15) is 19.3 Å². The Morgan fingerprint density at radius 1 is 1.61 bits per heavy atom. The Kier molecular flexibility index (Phi) is 4.14. The van der Waals surface area contributed by atoms with Crippen LogP contribution in [0.2, 0.25) is 0 Å². The van der Waals surface area contributed by atoms with Gasteiger partial charge in [-0.05, 0) is 26.4 Å². The molecular formula is C11H20N6O. The summed E-state index contributed by atoms with van der Waals surface area (Å²) in [5.41, 5.74) is 5.38. The first-order valence-electron chi connectivity index (χ1n) is 6.27. The smallest absolute Gasteiger partial charge is 0.241 e. The number of aromatic nitrogens is 3. The van der Waals surface area contributed by atoms with Gasteiger partial charge in [-0.3, -0.25) is 4.79 Å². The minimum absolute atomic E-state index is 0.0566. The van der Waals surface area contributed by atoms with Gasteiger partial charge in [0.15, 0.2) is 0 Å². The number of nitrogens with two attached hydrogens (primary N) is 1. The van der Waals surface area contributed by atoms with Crippen molar-refractivity contribution in [2.75, 3.05) is 25.9 Å². The summed E-state index contributed by atoms with van der Waals surface area (Å²) in [4.78, 5) is 17.8. The highest BCUT2D eigenvalue weighted by Gasteiger charge is 2.19. The zero-order chi connectivity index (χ0) is 13.0. The van der Waals surface area contributed by atoms with E-state index in [4.69, 9.17) is 5.73 Å². The highest BCUT2D eigenvalue weighted by Crippen LogP contribution is 2.13. The maximum absolute atomic E-state index is 11.7. The zero-order valence-corrected chi connectivity index (χ0v) is 10.7. The average molecular weight is 252 g/mol. The highest BCUT2D eigenvalue weighted by atomic mass is 16.2. The molecule has 0 spiro atoms. The first-order valence-corrected chi connectivity index (χ1v) is 6.27. The fourth-order valence-corrected chi connectivity index (χ4v) is 2.22. The molecule has 1 aromatic rings. The topological polar surface area (TPSA) is 89.1 Å². The predicted molar refractivity (Wildman–Crippen MR) is 67.7 cm³/mol. The van der Waals surface area contributed by atoms with Crippen molar-refractivity contribution in [3.05, 3.63) is 6.33 Å². The predicted octanol–water partition coefficient (Wildman–Crippen LogP) is -0.539. The van der Waals surface area contributed by atoms with Gasteiger partial charge in [0, 0.05) is 12.6 Å². The van der Waals surface area contributed by atoms with Crippen LogP contribution >= 0.6 is 0 Å². The number of likely N-dealkylation sites (tertiary alicyclic amines) is 1. The molecule has 1 saturated heterocycles. The lowest BCUT2D eigenvalue weighted by Crippen LogP contribution is -2.45. The van der Waals surface area contributed by atoms with Gasteiger partial charge in [-0.1, -0.05) is 6.42 Å². The van der Waals surface area contributed by atoms with Crippen molar-refractivity contribution in [2.45, 2.75) is 31.8 Å². The number of nitrogens with one attached hydrogen (secondary N) is 1. The van der Waals surface area contributed by atoms with Crippen molar-refractivity contribution in [1.29, 1.82) is 0 Å². The van der Waals surface area contributed by atoms with Crippen LogP contribution in [0.25, 0.3) is 0 Å². The van der Waals surface area contributed by atoms with E-state index in [1.807, 2.05) is 0 Å². The molecule has 1 aliphatic heterocycles. The molecule has 0 radical (unpaired) electrons. The molecule has 1 fully saturated rings. The molecule has 7 nitrogen and oxygen atoms in total. The number of hydrogen-bond acceptors (Lipinski definition) is 5. The van der Waals surface area contributed by atoms with Crippen molar-refractivity contribution >= 4 is 11.9 Å². The number of carbonyl (C=O) groups excluding carboxylic acids is 1. The van der Waals surface area contributed by atoms with Gasteiger partial charge in [0.05, 0.1) is 0 Å². The largest absolute Gasteiger partial charge is 0.367 e. The van der Waals surface area contributed by atoms with Gasteiger partial charge in [-0.2, -0.15) is 0 Å². The Morgan fingerprint density at radius 2 is 2.44 bits per heavy atom. The van der Waals surface area contributed by atoms with E-state index in [-0.39, 0.29) is 18.4 Å². The van der Waals surface area contributed by atoms with E-state index in [1.54, 1.807) is 0 Å². The maximum atomic E-state index is 11.7. The van der Waals surface area contributed by atoms with Crippen LogP contribution in [-0.2, 0) is 11.3 Å². The van der Waals surface area contributed by atoms with Gasteiger partial charge in [0.2, 0.25) is 11.9 Å². The molecule has 1 amide bonds. The molecular weight excluding hydrogens is 232 g/mol. The molecule has 0 saturated carbocycles. The van der Waals surface area contributed by atoms with Crippen LogP contribution in [0, 0.1) is 0 Å². The van der Waals surface area contributed by atoms with Crippen LogP contribution < -0.4 is 11.1 Å². The molecule has 2 rings (SSSR count). The molecule has 1 atom stereocenters. The lowest BCUT2D eigenvalue weighted by Gasteiger charge is -2.32. The van der Waals surface area contributed by atoms with Crippen molar-refractivity contribution < 1.29 is 4.79 Å². The Morgan fingerprint density at radius 3 is 3.11 bits per heavy atom. The van der Waals surface area contributed by atoms with E-state index < -0.39 is 0 Å². The summed E-state index contributed by atoms with van der Waals surface area (Å²) in [5.74, 6) is 0.133. The summed E-state index contributed by atoms with van der Waals surface area (Å²) in [6.45, 7) is 1.97. The fraction of sp³-hybridized carbons (Fsp3) is 0.727. The molecule has 7 heteroatoms. The number of hydrogen-bond donors (Lipinski definition) is 2. The number of anilines is 1. The van der Waals surface area contributed by atoms with Gasteiger partial charge in [-0.15, -0.1) is 5.10 Å². The van der Waals surface area contributed by atoms with Crippen LogP contribution in [0.15, 0.2) is 6.33 Å². The third-order valence-electron chi connectivity index (χ3n) is 3.32. The van der Waals surface area contributed by atoms with Crippen molar-refractivity contribution in [2.24, 2.45) is 0 Å². The van der Waals surface area contributed by atoms with Gasteiger partial charge in [0.1, 0.15) is 12.9 Å². The van der Waals surface area contributed by atoms with E-state index >= 15 is 0 Å². The normalized spacial score (nSPS) is 20.8. The molecule has 18 heavy (non-hydrogen) atoms. The van der Waals surface area contributed by atoms with E-state index in [9.17, 15) is 4.79 Å². The molecule has 0 aromatic carbocycles. The number of piperidine rings is 1. The van der Waals surface area contributed by atoms with Crippen LogP contribution in [0.4, 0.5) is 5.95 Å².